The zero-order valence-corrected chi connectivity index (χ0v) is 11.6. The lowest BCUT2D eigenvalue weighted by atomic mass is 9.83. The summed E-state index contributed by atoms with van der Waals surface area (Å²) in [6.45, 7) is 0. The minimum absolute atomic E-state index is 0. The van der Waals surface area contributed by atoms with Crippen molar-refractivity contribution in [3.05, 3.63) is 23.3 Å². The molecule has 0 aliphatic heterocycles. The lowest BCUT2D eigenvalue weighted by Gasteiger charge is -2.37. The van der Waals surface area contributed by atoms with Crippen molar-refractivity contribution in [2.24, 2.45) is 0 Å². The van der Waals surface area contributed by atoms with Crippen molar-refractivity contribution in [3.63, 3.8) is 0 Å². The Morgan fingerprint density at radius 2 is 1.95 bits per heavy atom. The fourth-order valence-electron chi connectivity index (χ4n) is 2.95. The molecule has 2 aliphatic rings. The van der Waals surface area contributed by atoms with Gasteiger partial charge in [-0.1, -0.05) is 12.5 Å². The number of hydrogen-bond donors (Lipinski definition) is 4. The Hall–Kier alpha value is -0.970. The number of halogens is 1. The molecular weight excluding hydrogens is 264 g/mol. The maximum atomic E-state index is 10.4. The highest BCUT2D eigenvalue weighted by molar-refractivity contribution is 5.85. The SMILES string of the molecule is Cl.Nc1c(O)ccc2c1CC[C@H](NC1CCC1)[C@H]2O. The van der Waals surface area contributed by atoms with Gasteiger partial charge in [-0.25, -0.2) is 0 Å². The fraction of sp³-hybridized carbons (Fsp3) is 0.571. The molecule has 1 saturated carbocycles. The number of phenols is 1. The van der Waals surface area contributed by atoms with E-state index >= 15 is 0 Å². The van der Waals surface area contributed by atoms with Crippen LogP contribution in [0.4, 0.5) is 5.69 Å². The molecule has 0 aromatic heterocycles. The van der Waals surface area contributed by atoms with Crippen LogP contribution < -0.4 is 11.1 Å². The van der Waals surface area contributed by atoms with Gasteiger partial charge >= 0.3 is 0 Å². The van der Waals surface area contributed by atoms with Crippen LogP contribution in [0, 0.1) is 0 Å². The predicted molar refractivity (Wildman–Crippen MR) is 77.6 cm³/mol. The van der Waals surface area contributed by atoms with Crippen LogP contribution in [0.5, 0.6) is 5.75 Å². The number of benzene rings is 1. The standard InChI is InChI=1S/C14H20N2O2.ClH/c15-13-9-4-6-11(16-8-2-1-3-8)14(18)10(9)5-7-12(13)17;/h5,7-8,11,14,16-18H,1-4,6,15H2;1H/t11-,14-;/m0./s1. The second-order valence-corrected chi connectivity index (χ2v) is 5.45. The zero-order chi connectivity index (χ0) is 12.7. The normalized spacial score (nSPS) is 26.2. The fourth-order valence-corrected chi connectivity index (χ4v) is 2.95. The number of nitrogen functional groups attached to an aromatic ring is 1. The smallest absolute Gasteiger partial charge is 0.138 e. The summed E-state index contributed by atoms with van der Waals surface area (Å²) < 4.78 is 0. The molecule has 5 N–H and O–H groups in total. The van der Waals surface area contributed by atoms with E-state index < -0.39 is 6.10 Å². The van der Waals surface area contributed by atoms with Crippen molar-refractivity contribution in [2.75, 3.05) is 5.73 Å². The minimum Gasteiger partial charge on any atom is -0.506 e. The number of aliphatic hydroxyl groups excluding tert-OH is 1. The van der Waals surface area contributed by atoms with Crippen LogP contribution in [0.1, 0.15) is 42.9 Å². The number of nitrogens with one attached hydrogen (secondary N) is 1. The van der Waals surface area contributed by atoms with Gasteiger partial charge in [0.05, 0.1) is 11.8 Å². The van der Waals surface area contributed by atoms with Gasteiger partial charge in [0.15, 0.2) is 0 Å². The summed E-state index contributed by atoms with van der Waals surface area (Å²) in [6, 6.07) is 4.05. The van der Waals surface area contributed by atoms with E-state index in [4.69, 9.17) is 5.73 Å². The average molecular weight is 285 g/mol. The molecule has 3 rings (SSSR count). The van der Waals surface area contributed by atoms with Gasteiger partial charge in [-0.3, -0.25) is 0 Å². The molecule has 4 nitrogen and oxygen atoms in total. The zero-order valence-electron chi connectivity index (χ0n) is 10.8. The highest BCUT2D eigenvalue weighted by Gasteiger charge is 2.32. The van der Waals surface area contributed by atoms with E-state index in [1.54, 1.807) is 12.1 Å². The summed E-state index contributed by atoms with van der Waals surface area (Å²) in [6.07, 6.45) is 4.90. The topological polar surface area (TPSA) is 78.5 Å². The molecule has 1 aromatic carbocycles. The van der Waals surface area contributed by atoms with Gasteiger partial charge in [0.1, 0.15) is 5.75 Å². The van der Waals surface area contributed by atoms with Crippen LogP contribution >= 0.6 is 12.4 Å². The number of rotatable bonds is 2. The van der Waals surface area contributed by atoms with E-state index in [1.807, 2.05) is 0 Å². The second kappa shape index (κ2) is 5.57. The van der Waals surface area contributed by atoms with Crippen LogP contribution in [0.25, 0.3) is 0 Å². The lowest BCUT2D eigenvalue weighted by Crippen LogP contribution is -2.47. The summed E-state index contributed by atoms with van der Waals surface area (Å²) in [7, 11) is 0. The average Bonchev–Trinajstić information content (AvgIpc) is 2.31. The summed E-state index contributed by atoms with van der Waals surface area (Å²) in [4.78, 5) is 0. The first-order valence-corrected chi connectivity index (χ1v) is 6.71. The van der Waals surface area contributed by atoms with E-state index in [1.165, 1.54) is 19.3 Å². The Morgan fingerprint density at radius 1 is 1.21 bits per heavy atom. The van der Waals surface area contributed by atoms with Crippen molar-refractivity contribution in [2.45, 2.75) is 50.3 Å². The van der Waals surface area contributed by atoms with Gasteiger partial charge in [0.2, 0.25) is 0 Å². The maximum Gasteiger partial charge on any atom is 0.138 e. The van der Waals surface area contributed by atoms with Crippen molar-refractivity contribution in [1.82, 2.24) is 5.32 Å². The Morgan fingerprint density at radius 3 is 2.58 bits per heavy atom. The number of hydrogen-bond acceptors (Lipinski definition) is 4. The minimum atomic E-state index is -0.516. The molecule has 0 unspecified atom stereocenters. The third kappa shape index (κ3) is 2.53. The maximum absolute atomic E-state index is 10.4. The summed E-state index contributed by atoms with van der Waals surface area (Å²) in [5, 5.41) is 23.5. The first-order chi connectivity index (χ1) is 8.66. The first-order valence-electron chi connectivity index (χ1n) is 6.71. The van der Waals surface area contributed by atoms with Crippen LogP contribution in [0.3, 0.4) is 0 Å². The van der Waals surface area contributed by atoms with Gasteiger partial charge in [-0.15, -0.1) is 12.4 Å². The number of aromatic hydroxyl groups is 1. The number of fused-ring (bicyclic) bond motifs is 1. The number of phenolic OH excluding ortho intramolecular Hbond substituents is 1. The van der Waals surface area contributed by atoms with Crippen LogP contribution in [-0.4, -0.2) is 22.3 Å². The molecule has 0 saturated heterocycles. The number of anilines is 1. The molecule has 0 radical (unpaired) electrons. The van der Waals surface area contributed by atoms with Gasteiger partial charge < -0.3 is 21.3 Å². The lowest BCUT2D eigenvalue weighted by molar-refractivity contribution is 0.0993. The van der Waals surface area contributed by atoms with E-state index in [2.05, 4.69) is 5.32 Å². The highest BCUT2D eigenvalue weighted by Crippen LogP contribution is 2.38. The number of nitrogens with two attached hydrogens (primary N) is 1. The van der Waals surface area contributed by atoms with Gasteiger partial charge in [-0.05, 0) is 42.9 Å². The van der Waals surface area contributed by atoms with Crippen LogP contribution in [-0.2, 0) is 6.42 Å². The molecule has 0 heterocycles. The van der Waals surface area contributed by atoms with E-state index in [0.29, 0.717) is 11.7 Å². The molecular formula is C14H21ClN2O2. The van der Waals surface area contributed by atoms with Crippen LogP contribution in [0.2, 0.25) is 0 Å². The summed E-state index contributed by atoms with van der Waals surface area (Å²) in [5.74, 6) is 0.117. The molecule has 2 aliphatic carbocycles. The van der Waals surface area contributed by atoms with E-state index in [0.717, 1.165) is 24.0 Å². The Kier molecular flexibility index (Phi) is 4.23. The van der Waals surface area contributed by atoms with E-state index in [-0.39, 0.29) is 24.2 Å². The molecule has 2 atom stereocenters. The Labute approximate surface area is 119 Å². The van der Waals surface area contributed by atoms with Gasteiger partial charge in [0.25, 0.3) is 0 Å². The largest absolute Gasteiger partial charge is 0.506 e. The number of aliphatic hydroxyl groups is 1. The molecule has 0 spiro atoms. The Bertz CT molecular complexity index is 463. The van der Waals surface area contributed by atoms with Crippen molar-refractivity contribution < 1.29 is 10.2 Å². The molecule has 0 bridgehead atoms. The molecule has 5 heteroatoms. The summed E-state index contributed by atoms with van der Waals surface area (Å²) in [5.41, 5.74) is 8.07. The third-order valence-electron chi connectivity index (χ3n) is 4.33. The van der Waals surface area contributed by atoms with Gasteiger partial charge in [-0.2, -0.15) is 0 Å². The molecule has 19 heavy (non-hydrogen) atoms. The van der Waals surface area contributed by atoms with E-state index in [9.17, 15) is 10.2 Å². The van der Waals surface area contributed by atoms with Crippen molar-refractivity contribution >= 4 is 18.1 Å². The highest BCUT2D eigenvalue weighted by atomic mass is 35.5. The Balaban J connectivity index is 0.00000133. The molecule has 106 valence electrons. The summed E-state index contributed by atoms with van der Waals surface area (Å²) >= 11 is 0. The predicted octanol–water partition coefficient (Wildman–Crippen LogP) is 1.89. The van der Waals surface area contributed by atoms with Gasteiger partial charge in [0, 0.05) is 12.1 Å². The quantitative estimate of drug-likeness (QED) is 0.494. The second-order valence-electron chi connectivity index (χ2n) is 5.45. The molecule has 1 aromatic rings. The monoisotopic (exact) mass is 284 g/mol. The molecule has 0 amide bonds. The van der Waals surface area contributed by atoms with Crippen molar-refractivity contribution in [3.8, 4) is 5.75 Å². The van der Waals surface area contributed by atoms with Crippen LogP contribution in [0.15, 0.2) is 12.1 Å². The first kappa shape index (κ1) is 14.4. The van der Waals surface area contributed by atoms with Crippen molar-refractivity contribution in [1.29, 1.82) is 0 Å². The third-order valence-corrected chi connectivity index (χ3v) is 4.33. The molecule has 1 fully saturated rings.